The Bertz CT molecular complexity index is 777. The zero-order valence-corrected chi connectivity index (χ0v) is 17.0. The number of carbonyl (C=O) groups excluding carboxylic acids is 2. The number of amides is 2. The molecule has 6 nitrogen and oxygen atoms in total. The molecule has 1 aromatic rings. The number of benzene rings is 1. The van der Waals surface area contributed by atoms with Crippen LogP contribution in [0.1, 0.15) is 33.1 Å². The zero-order chi connectivity index (χ0) is 19.8. The minimum atomic E-state index is -0.507. The molecule has 1 N–H and O–H groups in total. The average Bonchev–Trinajstić information content (AvgIpc) is 3.32. The topological polar surface area (TPSA) is 61.9 Å². The van der Waals surface area contributed by atoms with Crippen LogP contribution in [0.15, 0.2) is 18.2 Å². The SMILES string of the molecule is CCCC(=O)NC[C@H]1CN(c2ccc(N3C4CSC3[C@H](C)C4)c(F)c2)C(=O)O1. The van der Waals surface area contributed by atoms with Gasteiger partial charge in [-0.1, -0.05) is 13.8 Å². The van der Waals surface area contributed by atoms with Crippen molar-refractivity contribution in [1.29, 1.82) is 0 Å². The van der Waals surface area contributed by atoms with Crippen LogP contribution in [0.4, 0.5) is 20.6 Å². The molecule has 0 aromatic heterocycles. The van der Waals surface area contributed by atoms with E-state index >= 15 is 0 Å². The summed E-state index contributed by atoms with van der Waals surface area (Å²) < 4.78 is 20.3. The van der Waals surface area contributed by atoms with Crippen LogP contribution in [-0.4, -0.2) is 48.4 Å². The first-order chi connectivity index (χ1) is 13.5. The van der Waals surface area contributed by atoms with E-state index in [0.29, 0.717) is 41.7 Å². The monoisotopic (exact) mass is 407 g/mol. The van der Waals surface area contributed by atoms with E-state index in [2.05, 4.69) is 17.1 Å². The Labute approximate surface area is 168 Å². The van der Waals surface area contributed by atoms with E-state index < -0.39 is 12.2 Å². The maximum Gasteiger partial charge on any atom is 0.414 e. The van der Waals surface area contributed by atoms with Gasteiger partial charge >= 0.3 is 6.09 Å². The highest BCUT2D eigenvalue weighted by molar-refractivity contribution is 8.00. The third-order valence-corrected chi connectivity index (χ3v) is 7.27. The third-order valence-electron chi connectivity index (χ3n) is 5.66. The molecule has 1 aromatic carbocycles. The molecule has 4 rings (SSSR count). The van der Waals surface area contributed by atoms with Crippen molar-refractivity contribution in [2.45, 2.75) is 50.6 Å². The molecule has 0 radical (unpaired) electrons. The molecule has 152 valence electrons. The number of thioether (sulfide) groups is 1. The number of fused-ring (bicyclic) bond motifs is 2. The zero-order valence-electron chi connectivity index (χ0n) is 16.2. The second-order valence-electron chi connectivity index (χ2n) is 7.80. The third kappa shape index (κ3) is 3.54. The van der Waals surface area contributed by atoms with Crippen LogP contribution >= 0.6 is 11.8 Å². The first-order valence-electron chi connectivity index (χ1n) is 9.92. The summed E-state index contributed by atoms with van der Waals surface area (Å²) in [5.74, 6) is 1.23. The number of cyclic esters (lactones) is 1. The number of hydrogen-bond acceptors (Lipinski definition) is 5. The minimum Gasteiger partial charge on any atom is -0.442 e. The van der Waals surface area contributed by atoms with Crippen molar-refractivity contribution in [3.8, 4) is 0 Å². The van der Waals surface area contributed by atoms with E-state index in [9.17, 15) is 14.0 Å². The fourth-order valence-corrected chi connectivity index (χ4v) is 5.93. The molecule has 2 unspecified atom stereocenters. The van der Waals surface area contributed by atoms with Crippen molar-refractivity contribution in [1.82, 2.24) is 5.32 Å². The number of nitrogens with zero attached hydrogens (tertiary/aromatic N) is 2. The Balaban J connectivity index is 1.43. The van der Waals surface area contributed by atoms with Crippen LogP contribution in [0.2, 0.25) is 0 Å². The van der Waals surface area contributed by atoms with Gasteiger partial charge in [-0.25, -0.2) is 9.18 Å². The second-order valence-corrected chi connectivity index (χ2v) is 8.95. The first-order valence-corrected chi connectivity index (χ1v) is 11.0. The molecule has 8 heteroatoms. The van der Waals surface area contributed by atoms with Gasteiger partial charge < -0.3 is 15.0 Å². The Morgan fingerprint density at radius 1 is 1.43 bits per heavy atom. The largest absolute Gasteiger partial charge is 0.442 e. The van der Waals surface area contributed by atoms with E-state index in [0.717, 1.165) is 18.6 Å². The van der Waals surface area contributed by atoms with Crippen molar-refractivity contribution in [2.75, 3.05) is 28.6 Å². The van der Waals surface area contributed by atoms with Gasteiger partial charge in [0.15, 0.2) is 0 Å². The number of nitrogens with one attached hydrogen (secondary N) is 1. The summed E-state index contributed by atoms with van der Waals surface area (Å²) in [4.78, 5) is 27.4. The molecule has 3 heterocycles. The Morgan fingerprint density at radius 3 is 2.89 bits per heavy atom. The van der Waals surface area contributed by atoms with Crippen molar-refractivity contribution < 1.29 is 18.7 Å². The fraction of sp³-hybridized carbons (Fsp3) is 0.600. The lowest BCUT2D eigenvalue weighted by atomic mass is 10.1. The van der Waals surface area contributed by atoms with Gasteiger partial charge in [0, 0.05) is 18.2 Å². The van der Waals surface area contributed by atoms with E-state index in [1.807, 2.05) is 18.7 Å². The average molecular weight is 408 g/mol. The number of ether oxygens (including phenoxy) is 1. The van der Waals surface area contributed by atoms with Gasteiger partial charge in [0.05, 0.1) is 29.8 Å². The minimum absolute atomic E-state index is 0.0558. The van der Waals surface area contributed by atoms with Crippen LogP contribution in [0.25, 0.3) is 0 Å². The van der Waals surface area contributed by atoms with Gasteiger partial charge in [-0.15, -0.1) is 11.8 Å². The van der Waals surface area contributed by atoms with E-state index in [-0.39, 0.29) is 18.3 Å². The Hall–Kier alpha value is -1.96. The lowest BCUT2D eigenvalue weighted by Gasteiger charge is -2.25. The summed E-state index contributed by atoms with van der Waals surface area (Å²) >= 11 is 1.89. The van der Waals surface area contributed by atoms with Gasteiger partial charge in [0.1, 0.15) is 11.9 Å². The summed E-state index contributed by atoms with van der Waals surface area (Å²) in [6.45, 7) is 4.72. The molecule has 3 aliphatic rings. The summed E-state index contributed by atoms with van der Waals surface area (Å²) in [6.07, 6.45) is 1.38. The van der Waals surface area contributed by atoms with Crippen LogP contribution in [-0.2, 0) is 9.53 Å². The van der Waals surface area contributed by atoms with Gasteiger partial charge in [0.25, 0.3) is 0 Å². The molecule has 0 aliphatic carbocycles. The van der Waals surface area contributed by atoms with Crippen LogP contribution in [0.3, 0.4) is 0 Å². The van der Waals surface area contributed by atoms with Gasteiger partial charge in [-0.3, -0.25) is 9.69 Å². The maximum atomic E-state index is 14.9. The summed E-state index contributed by atoms with van der Waals surface area (Å²) in [5, 5.41) is 3.10. The lowest BCUT2D eigenvalue weighted by Crippen LogP contribution is -2.34. The Kier molecular flexibility index (Phi) is 5.40. The molecule has 2 bridgehead atoms. The number of rotatable bonds is 6. The molecular weight excluding hydrogens is 381 g/mol. The molecule has 0 spiro atoms. The summed E-state index contributed by atoms with van der Waals surface area (Å²) in [7, 11) is 0. The van der Waals surface area contributed by atoms with Crippen LogP contribution < -0.4 is 15.1 Å². The fourth-order valence-electron chi connectivity index (χ4n) is 4.33. The Morgan fingerprint density at radius 2 is 2.25 bits per heavy atom. The van der Waals surface area contributed by atoms with Crippen molar-refractivity contribution in [2.24, 2.45) is 5.92 Å². The molecular formula is C20H26FN3O3S. The molecule has 3 aliphatic heterocycles. The second kappa shape index (κ2) is 7.81. The van der Waals surface area contributed by atoms with E-state index in [1.54, 1.807) is 12.1 Å². The lowest BCUT2D eigenvalue weighted by molar-refractivity contribution is -0.121. The highest BCUT2D eigenvalue weighted by Crippen LogP contribution is 2.48. The van der Waals surface area contributed by atoms with E-state index in [4.69, 9.17) is 4.74 Å². The molecule has 3 saturated heterocycles. The van der Waals surface area contributed by atoms with E-state index in [1.165, 1.54) is 11.0 Å². The maximum absolute atomic E-state index is 14.9. The highest BCUT2D eigenvalue weighted by Gasteiger charge is 2.45. The van der Waals surface area contributed by atoms with Gasteiger partial charge in [-0.2, -0.15) is 0 Å². The van der Waals surface area contributed by atoms with Crippen molar-refractivity contribution in [3.63, 3.8) is 0 Å². The van der Waals surface area contributed by atoms with Crippen molar-refractivity contribution in [3.05, 3.63) is 24.0 Å². The number of hydrogen-bond donors (Lipinski definition) is 1. The first kappa shape index (κ1) is 19.4. The molecule has 0 saturated carbocycles. The highest BCUT2D eigenvalue weighted by atomic mass is 32.2. The quantitative estimate of drug-likeness (QED) is 0.784. The molecule has 28 heavy (non-hydrogen) atoms. The summed E-state index contributed by atoms with van der Waals surface area (Å²) in [5.41, 5.74) is 1.10. The predicted molar refractivity (Wildman–Crippen MR) is 108 cm³/mol. The number of anilines is 2. The molecule has 2 amide bonds. The molecule has 3 fully saturated rings. The van der Waals surface area contributed by atoms with Gasteiger partial charge in [0.2, 0.25) is 5.91 Å². The molecule has 4 atom stereocenters. The summed E-state index contributed by atoms with van der Waals surface area (Å²) in [6, 6.07) is 5.36. The van der Waals surface area contributed by atoms with Crippen LogP contribution in [0.5, 0.6) is 0 Å². The normalized spacial score (nSPS) is 28.8. The van der Waals surface area contributed by atoms with Gasteiger partial charge in [-0.05, 0) is 37.0 Å². The number of halogens is 1. The standard InChI is InChI=1S/C20H26FN3O3S/c1-3-4-18(25)22-9-15-10-23(20(26)27-15)13-5-6-17(16(21)8-13)24-14-7-12(2)19(24)28-11-14/h5-6,8,12,14-15,19H,3-4,7,9-11H2,1-2H3,(H,22,25)/t12-,14?,15+,19?/m1/s1. The predicted octanol–water partition coefficient (Wildman–Crippen LogP) is 3.35. The van der Waals surface area contributed by atoms with Crippen molar-refractivity contribution >= 4 is 35.1 Å². The smallest absolute Gasteiger partial charge is 0.414 e. The number of carbonyl (C=O) groups is 2. The van der Waals surface area contributed by atoms with Crippen LogP contribution in [0, 0.1) is 11.7 Å².